The summed E-state index contributed by atoms with van der Waals surface area (Å²) in [4.78, 5) is 24.1. The smallest absolute Gasteiger partial charge is 0.254 e. The molecule has 0 saturated carbocycles. The van der Waals surface area contributed by atoms with Gasteiger partial charge in [-0.25, -0.2) is 4.39 Å². The van der Waals surface area contributed by atoms with Crippen LogP contribution in [0.15, 0.2) is 41.2 Å². The number of benzene rings is 1. The van der Waals surface area contributed by atoms with Gasteiger partial charge in [0.2, 0.25) is 12.3 Å². The van der Waals surface area contributed by atoms with Gasteiger partial charge in [-0.05, 0) is 37.2 Å². The van der Waals surface area contributed by atoms with E-state index in [0.29, 0.717) is 30.8 Å². The molecule has 2 aliphatic rings. The Balaban J connectivity index is 1.63. The minimum atomic E-state index is -1.35. The van der Waals surface area contributed by atoms with Crippen molar-refractivity contribution in [3.63, 3.8) is 0 Å². The average molecular weight is 400 g/mol. The molecular weight excluding hydrogens is 371 g/mol. The van der Waals surface area contributed by atoms with E-state index in [4.69, 9.17) is 9.72 Å². The number of aromatic amines is 1. The van der Waals surface area contributed by atoms with Crippen LogP contribution in [0.1, 0.15) is 31.7 Å². The lowest BCUT2D eigenvalue weighted by molar-refractivity contribution is -0.0467. The summed E-state index contributed by atoms with van der Waals surface area (Å²) in [6.07, 6.45) is 2.83. The third-order valence-electron chi connectivity index (χ3n) is 5.86. The molecule has 3 atom stereocenters. The summed E-state index contributed by atoms with van der Waals surface area (Å²) in [6, 6.07) is 12.2. The number of aromatic nitrogens is 2. The van der Waals surface area contributed by atoms with E-state index in [9.17, 15) is 9.18 Å². The van der Waals surface area contributed by atoms with Crippen molar-refractivity contribution in [2.75, 3.05) is 36.0 Å². The number of hydrogen-bond acceptors (Lipinski definition) is 5. The lowest BCUT2D eigenvalue weighted by Gasteiger charge is -2.33. The summed E-state index contributed by atoms with van der Waals surface area (Å²) in [7, 11) is 0. The van der Waals surface area contributed by atoms with Crippen LogP contribution in [-0.2, 0) is 11.2 Å². The average Bonchev–Trinajstić information content (AvgIpc) is 2.89. The van der Waals surface area contributed by atoms with Gasteiger partial charge in [0, 0.05) is 25.2 Å². The highest BCUT2D eigenvalue weighted by molar-refractivity contribution is 5.45. The van der Waals surface area contributed by atoms with Crippen LogP contribution < -0.4 is 15.4 Å². The molecule has 0 bridgehead atoms. The number of anilines is 2. The Hall–Kier alpha value is -2.41. The first-order chi connectivity index (χ1) is 14.1. The van der Waals surface area contributed by atoms with Gasteiger partial charge in [0.15, 0.2) is 0 Å². The maximum Gasteiger partial charge on any atom is 0.254 e. The topological polar surface area (TPSA) is 61.5 Å². The summed E-state index contributed by atoms with van der Waals surface area (Å²) in [6.45, 7) is 4.07. The molecule has 156 valence electrons. The van der Waals surface area contributed by atoms with Crippen LogP contribution >= 0.6 is 0 Å². The molecule has 2 aliphatic heterocycles. The molecule has 7 heteroatoms. The fourth-order valence-corrected chi connectivity index (χ4v) is 4.41. The van der Waals surface area contributed by atoms with Crippen molar-refractivity contribution in [2.45, 2.75) is 45.0 Å². The number of halogens is 1. The summed E-state index contributed by atoms with van der Waals surface area (Å²) in [5, 5.41) is 0. The van der Waals surface area contributed by atoms with Crippen LogP contribution in [0.5, 0.6) is 0 Å². The molecule has 2 fully saturated rings. The van der Waals surface area contributed by atoms with E-state index in [-0.39, 0.29) is 18.1 Å². The lowest BCUT2D eigenvalue weighted by Crippen LogP contribution is -2.43. The molecule has 2 aromatic rings. The van der Waals surface area contributed by atoms with Gasteiger partial charge >= 0.3 is 0 Å². The van der Waals surface area contributed by atoms with Crippen molar-refractivity contribution >= 4 is 11.8 Å². The van der Waals surface area contributed by atoms with Crippen LogP contribution in [-0.4, -0.2) is 48.6 Å². The number of ether oxygens (including phenoxy) is 1. The Kier molecular flexibility index (Phi) is 6.13. The first-order valence-electron chi connectivity index (χ1n) is 10.5. The Morgan fingerprint density at radius 2 is 2.10 bits per heavy atom. The SMILES string of the molecule is C[C@H]1CCCN(c2nc(N3CCO[C@H](F)C3)cc(=O)[nH]2)[C@@H](Cc2ccccc2)C1. The molecule has 0 spiro atoms. The maximum absolute atomic E-state index is 13.7. The maximum atomic E-state index is 13.7. The van der Waals surface area contributed by atoms with Gasteiger partial charge in [0.05, 0.1) is 13.2 Å². The Morgan fingerprint density at radius 3 is 2.90 bits per heavy atom. The number of morpholine rings is 1. The summed E-state index contributed by atoms with van der Waals surface area (Å²) in [5.74, 6) is 1.73. The molecule has 0 radical (unpaired) electrons. The molecule has 2 saturated heterocycles. The first kappa shape index (κ1) is 19.9. The quantitative estimate of drug-likeness (QED) is 0.854. The molecule has 0 unspecified atom stereocenters. The minimum absolute atomic E-state index is 0.0976. The minimum Gasteiger partial charge on any atom is -0.349 e. The van der Waals surface area contributed by atoms with Gasteiger partial charge in [-0.3, -0.25) is 9.78 Å². The summed E-state index contributed by atoms with van der Waals surface area (Å²) < 4.78 is 18.7. The fourth-order valence-electron chi connectivity index (χ4n) is 4.41. The molecule has 0 amide bonds. The van der Waals surface area contributed by atoms with Gasteiger partial charge in [-0.1, -0.05) is 37.3 Å². The van der Waals surface area contributed by atoms with Crippen LogP contribution in [0.25, 0.3) is 0 Å². The van der Waals surface area contributed by atoms with Gasteiger partial charge < -0.3 is 14.5 Å². The number of H-pyrrole nitrogens is 1. The molecule has 4 rings (SSSR count). The predicted molar refractivity (Wildman–Crippen MR) is 112 cm³/mol. The van der Waals surface area contributed by atoms with Crippen molar-refractivity contribution in [3.8, 4) is 0 Å². The second-order valence-electron chi connectivity index (χ2n) is 8.17. The van der Waals surface area contributed by atoms with Crippen molar-refractivity contribution < 1.29 is 9.13 Å². The Labute approximate surface area is 170 Å². The Morgan fingerprint density at radius 1 is 1.28 bits per heavy atom. The highest BCUT2D eigenvalue weighted by Gasteiger charge is 2.28. The van der Waals surface area contributed by atoms with Crippen molar-refractivity contribution in [1.29, 1.82) is 0 Å². The number of hydrogen-bond donors (Lipinski definition) is 1. The summed E-state index contributed by atoms with van der Waals surface area (Å²) >= 11 is 0. The van der Waals surface area contributed by atoms with E-state index in [2.05, 4.69) is 41.1 Å². The largest absolute Gasteiger partial charge is 0.349 e. The predicted octanol–water partition coefficient (Wildman–Crippen LogP) is 3.14. The molecule has 1 aromatic heterocycles. The zero-order valence-corrected chi connectivity index (χ0v) is 16.9. The van der Waals surface area contributed by atoms with Crippen molar-refractivity contribution in [2.24, 2.45) is 5.92 Å². The van der Waals surface area contributed by atoms with E-state index in [1.54, 1.807) is 4.90 Å². The molecule has 1 N–H and O–H groups in total. The van der Waals surface area contributed by atoms with Gasteiger partial charge in [0.1, 0.15) is 5.82 Å². The number of alkyl halides is 1. The lowest BCUT2D eigenvalue weighted by atomic mass is 9.94. The second-order valence-corrected chi connectivity index (χ2v) is 8.17. The molecule has 3 heterocycles. The van der Waals surface area contributed by atoms with E-state index >= 15 is 0 Å². The first-order valence-corrected chi connectivity index (χ1v) is 10.5. The van der Waals surface area contributed by atoms with Crippen molar-refractivity contribution in [1.82, 2.24) is 9.97 Å². The highest BCUT2D eigenvalue weighted by atomic mass is 19.1. The Bertz CT molecular complexity index is 859. The highest BCUT2D eigenvalue weighted by Crippen LogP contribution is 2.28. The molecule has 0 aliphatic carbocycles. The van der Waals surface area contributed by atoms with E-state index in [1.807, 2.05) is 6.07 Å². The zero-order valence-electron chi connectivity index (χ0n) is 16.9. The van der Waals surface area contributed by atoms with Crippen LogP contribution in [0, 0.1) is 5.92 Å². The van der Waals surface area contributed by atoms with Gasteiger partial charge in [-0.2, -0.15) is 4.98 Å². The second kappa shape index (κ2) is 8.95. The van der Waals surface area contributed by atoms with Crippen LogP contribution in [0.4, 0.5) is 16.2 Å². The van der Waals surface area contributed by atoms with Crippen molar-refractivity contribution in [3.05, 3.63) is 52.3 Å². The third kappa shape index (κ3) is 4.96. The number of nitrogens with zero attached hydrogens (tertiary/aromatic N) is 3. The molecule has 29 heavy (non-hydrogen) atoms. The van der Waals surface area contributed by atoms with Crippen LogP contribution in [0.2, 0.25) is 0 Å². The van der Waals surface area contributed by atoms with Gasteiger partial charge in [0.25, 0.3) is 5.56 Å². The normalized spacial score (nSPS) is 25.7. The van der Waals surface area contributed by atoms with Gasteiger partial charge in [-0.15, -0.1) is 0 Å². The third-order valence-corrected chi connectivity index (χ3v) is 5.86. The summed E-state index contributed by atoms with van der Waals surface area (Å²) in [5.41, 5.74) is 1.08. The van der Waals surface area contributed by atoms with E-state index in [1.165, 1.54) is 18.1 Å². The zero-order chi connectivity index (χ0) is 20.2. The fraction of sp³-hybridized carbons (Fsp3) is 0.545. The molecular formula is C22H29FN4O2. The van der Waals surface area contributed by atoms with E-state index < -0.39 is 6.36 Å². The number of nitrogens with one attached hydrogen (secondary N) is 1. The van der Waals surface area contributed by atoms with E-state index in [0.717, 1.165) is 25.8 Å². The standard InChI is InChI=1S/C22H29FN4O2/c1-16-6-5-9-27(18(12-16)13-17-7-3-2-4-8-17)22-24-20(14-21(28)25-22)26-10-11-29-19(23)15-26/h2-4,7-8,14,16,18-19H,5-6,9-13,15H2,1H3,(H,24,25,28)/t16-,18+,19-/m0/s1. The van der Waals surface area contributed by atoms with Crippen LogP contribution in [0.3, 0.4) is 0 Å². The number of rotatable bonds is 4. The monoisotopic (exact) mass is 400 g/mol. The molecule has 6 nitrogen and oxygen atoms in total. The molecule has 1 aromatic carbocycles.